The summed E-state index contributed by atoms with van der Waals surface area (Å²) in [6.45, 7) is 20.3. The smallest absolute Gasteiger partial charge is 0.306 e. The number of esters is 2. The number of aliphatic hydroxyl groups is 1. The maximum atomic E-state index is 12.5. The van der Waals surface area contributed by atoms with Gasteiger partial charge in [0.05, 0.1) is 19.8 Å². The SMILES string of the molecule is CC(C)=CCCC1CCOC(CCOC(=O)CCCCCCCN(CCO)CCCCCCCC(=O)OC2C[C@H]3CC3(C)C2C)OCCC(C)C1CC=C(C)C. The zero-order chi connectivity index (χ0) is 40.8. The van der Waals surface area contributed by atoms with Gasteiger partial charge in [0.15, 0.2) is 6.29 Å². The first-order valence-corrected chi connectivity index (χ1v) is 23.1. The zero-order valence-corrected chi connectivity index (χ0v) is 37.1. The molecule has 3 aliphatic rings. The predicted octanol–water partition coefficient (Wildman–Crippen LogP) is 11.0. The van der Waals surface area contributed by atoms with Crippen LogP contribution in [0.25, 0.3) is 0 Å². The van der Waals surface area contributed by atoms with Gasteiger partial charge < -0.3 is 29.0 Å². The summed E-state index contributed by atoms with van der Waals surface area (Å²) in [4.78, 5) is 27.2. The molecule has 0 amide bonds. The molecule has 1 aliphatic heterocycles. The Balaban J connectivity index is 1.18. The Kier molecular flexibility index (Phi) is 23.5. The van der Waals surface area contributed by atoms with E-state index in [1.807, 2.05) is 0 Å². The summed E-state index contributed by atoms with van der Waals surface area (Å²) in [5.74, 6) is 2.96. The molecule has 2 aliphatic carbocycles. The van der Waals surface area contributed by atoms with E-state index in [1.54, 1.807) is 0 Å². The van der Waals surface area contributed by atoms with Crippen molar-refractivity contribution in [2.24, 2.45) is 35.0 Å². The average Bonchev–Trinajstić information content (AvgIpc) is 3.75. The van der Waals surface area contributed by atoms with Crippen LogP contribution >= 0.6 is 0 Å². The van der Waals surface area contributed by atoms with Crippen LogP contribution in [0.1, 0.15) is 177 Å². The average molecular weight is 788 g/mol. The van der Waals surface area contributed by atoms with E-state index in [4.69, 9.17) is 18.9 Å². The molecule has 1 saturated heterocycles. The van der Waals surface area contributed by atoms with Crippen LogP contribution in [0.5, 0.6) is 0 Å². The number of aliphatic hydroxyl groups excluding tert-OH is 1. The minimum absolute atomic E-state index is 0.00792. The molecule has 324 valence electrons. The van der Waals surface area contributed by atoms with E-state index in [2.05, 4.69) is 65.5 Å². The maximum absolute atomic E-state index is 12.5. The number of unbranched alkanes of at least 4 members (excludes halogenated alkanes) is 8. The fourth-order valence-corrected chi connectivity index (χ4v) is 9.34. The number of carbonyl (C=O) groups excluding carboxylic acids is 2. The lowest BCUT2D eigenvalue weighted by molar-refractivity contribution is -0.167. The second kappa shape index (κ2) is 27.1. The van der Waals surface area contributed by atoms with Crippen molar-refractivity contribution in [1.82, 2.24) is 4.90 Å². The number of rotatable bonds is 27. The number of allylic oxidation sites excluding steroid dienone is 4. The second-order valence-electron chi connectivity index (χ2n) is 18.6. The van der Waals surface area contributed by atoms with Gasteiger partial charge in [0.25, 0.3) is 0 Å². The highest BCUT2D eigenvalue weighted by atomic mass is 16.7. The molecule has 7 unspecified atom stereocenters. The summed E-state index contributed by atoms with van der Waals surface area (Å²) >= 11 is 0. The van der Waals surface area contributed by atoms with Gasteiger partial charge in [-0.3, -0.25) is 9.59 Å². The predicted molar refractivity (Wildman–Crippen MR) is 228 cm³/mol. The van der Waals surface area contributed by atoms with Crippen LogP contribution in [0.3, 0.4) is 0 Å². The number of nitrogens with zero attached hydrogens (tertiary/aromatic N) is 1. The van der Waals surface area contributed by atoms with Gasteiger partial charge in [-0.1, -0.05) is 82.6 Å². The lowest BCUT2D eigenvalue weighted by atomic mass is 9.75. The molecule has 8 heteroatoms. The van der Waals surface area contributed by atoms with Crippen LogP contribution in [-0.4, -0.2) is 80.4 Å². The minimum Gasteiger partial charge on any atom is -0.465 e. The molecule has 0 aromatic carbocycles. The van der Waals surface area contributed by atoms with E-state index < -0.39 is 0 Å². The molecule has 56 heavy (non-hydrogen) atoms. The number of carbonyl (C=O) groups is 2. The summed E-state index contributed by atoms with van der Waals surface area (Å²) in [6, 6.07) is 0. The Hall–Kier alpha value is -1.74. The molecule has 0 aromatic rings. The number of hydrogen-bond donors (Lipinski definition) is 1. The topological polar surface area (TPSA) is 94.5 Å². The third-order valence-electron chi connectivity index (χ3n) is 13.5. The van der Waals surface area contributed by atoms with Crippen molar-refractivity contribution in [2.45, 2.75) is 189 Å². The Morgan fingerprint density at radius 3 is 2.00 bits per heavy atom. The van der Waals surface area contributed by atoms with Gasteiger partial charge >= 0.3 is 11.9 Å². The highest BCUT2D eigenvalue weighted by molar-refractivity contribution is 5.69. The van der Waals surface area contributed by atoms with Crippen LogP contribution in [0.15, 0.2) is 23.3 Å². The van der Waals surface area contributed by atoms with E-state index in [1.165, 1.54) is 24.0 Å². The molecule has 0 aromatic heterocycles. The first kappa shape index (κ1) is 48.6. The van der Waals surface area contributed by atoms with Crippen molar-refractivity contribution in [1.29, 1.82) is 0 Å². The quantitative estimate of drug-likeness (QED) is 0.0500. The van der Waals surface area contributed by atoms with Gasteiger partial charge in [0, 0.05) is 32.4 Å². The fraction of sp³-hybridized carbons (Fsp3) is 0.875. The molecule has 3 fully saturated rings. The lowest BCUT2D eigenvalue weighted by Gasteiger charge is -2.34. The molecule has 3 rings (SSSR count). The van der Waals surface area contributed by atoms with Crippen molar-refractivity contribution in [3.63, 3.8) is 0 Å². The largest absolute Gasteiger partial charge is 0.465 e. The zero-order valence-electron chi connectivity index (χ0n) is 37.1. The summed E-state index contributed by atoms with van der Waals surface area (Å²) < 4.78 is 23.8. The third kappa shape index (κ3) is 18.9. The monoisotopic (exact) mass is 788 g/mol. The van der Waals surface area contributed by atoms with Crippen molar-refractivity contribution in [2.75, 3.05) is 46.1 Å². The summed E-state index contributed by atoms with van der Waals surface area (Å²) in [6.07, 6.45) is 24.6. The van der Waals surface area contributed by atoms with Crippen LogP contribution in [0.2, 0.25) is 0 Å². The van der Waals surface area contributed by atoms with Gasteiger partial charge in [-0.15, -0.1) is 0 Å². The molecule has 1 N–H and O–H groups in total. The van der Waals surface area contributed by atoms with Crippen LogP contribution in [0, 0.1) is 35.0 Å². The van der Waals surface area contributed by atoms with Gasteiger partial charge in [-0.2, -0.15) is 0 Å². The van der Waals surface area contributed by atoms with E-state index in [0.717, 1.165) is 122 Å². The van der Waals surface area contributed by atoms with Gasteiger partial charge in [-0.25, -0.2) is 0 Å². The minimum atomic E-state index is -0.324. The summed E-state index contributed by atoms with van der Waals surface area (Å²) in [7, 11) is 0. The molecular formula is C48H85NO7. The summed E-state index contributed by atoms with van der Waals surface area (Å²) in [5, 5.41) is 9.57. The standard InChI is InChI=1S/C48H85NO7/c1-37(2)19-18-20-41-26-33-55-47(54-32-25-39(5)43(41)24-23-38(3)4)27-34-53-45(51)21-14-10-8-12-16-28-49(30-31-50)29-17-13-9-11-15-22-46(52)56-44-35-42-36-48(42,7)40(44)6/h19,23,39-44,47,50H,8-18,20-22,24-36H2,1-7H3/t39?,40?,41?,42-,43?,44?,47?,48?/m0/s1. The number of fused-ring (bicyclic) bond motifs is 1. The van der Waals surface area contributed by atoms with E-state index in [9.17, 15) is 14.7 Å². The highest BCUT2D eigenvalue weighted by Crippen LogP contribution is 2.66. The number of ether oxygens (including phenoxy) is 4. The molecule has 0 radical (unpaired) electrons. The molecule has 8 nitrogen and oxygen atoms in total. The Morgan fingerprint density at radius 1 is 0.786 bits per heavy atom. The van der Waals surface area contributed by atoms with Gasteiger partial charge in [-0.05, 0) is 146 Å². The van der Waals surface area contributed by atoms with E-state index in [0.29, 0.717) is 68.2 Å². The van der Waals surface area contributed by atoms with Crippen LogP contribution in [0.4, 0.5) is 0 Å². The van der Waals surface area contributed by atoms with Gasteiger partial charge in [0.1, 0.15) is 6.10 Å². The lowest BCUT2D eigenvalue weighted by Crippen LogP contribution is -2.29. The second-order valence-corrected chi connectivity index (χ2v) is 18.6. The Bertz CT molecular complexity index is 1160. The van der Waals surface area contributed by atoms with Crippen molar-refractivity contribution in [3.8, 4) is 0 Å². The first-order chi connectivity index (χ1) is 26.9. The third-order valence-corrected chi connectivity index (χ3v) is 13.5. The van der Waals surface area contributed by atoms with Crippen LogP contribution < -0.4 is 0 Å². The van der Waals surface area contributed by atoms with Gasteiger partial charge in [0.2, 0.25) is 0 Å². The van der Waals surface area contributed by atoms with Crippen molar-refractivity contribution in [3.05, 3.63) is 23.3 Å². The molecular weight excluding hydrogens is 703 g/mol. The number of hydrogen-bond acceptors (Lipinski definition) is 8. The molecule has 1 heterocycles. The molecule has 2 saturated carbocycles. The van der Waals surface area contributed by atoms with Crippen molar-refractivity contribution >= 4 is 11.9 Å². The Labute approximate surface area is 343 Å². The van der Waals surface area contributed by atoms with Crippen molar-refractivity contribution < 1.29 is 33.6 Å². The molecule has 0 bridgehead atoms. The first-order valence-electron chi connectivity index (χ1n) is 23.1. The van der Waals surface area contributed by atoms with E-state index >= 15 is 0 Å². The van der Waals surface area contributed by atoms with Crippen LogP contribution in [-0.2, 0) is 28.5 Å². The molecule has 8 atom stereocenters. The molecule has 0 spiro atoms. The summed E-state index contributed by atoms with van der Waals surface area (Å²) in [5.41, 5.74) is 3.20. The normalized spacial score (nSPS) is 27.7. The Morgan fingerprint density at radius 2 is 1.39 bits per heavy atom. The fourth-order valence-electron chi connectivity index (χ4n) is 9.34. The van der Waals surface area contributed by atoms with E-state index in [-0.39, 0.29) is 30.9 Å². The highest BCUT2D eigenvalue weighted by Gasteiger charge is 2.62. The maximum Gasteiger partial charge on any atom is 0.306 e.